The molecule has 0 spiro atoms. The third kappa shape index (κ3) is 12.8. The third-order valence-electron chi connectivity index (χ3n) is 8.39. The minimum atomic E-state index is -1.42. The molecule has 286 valence electrons. The average molecular weight is 737 g/mol. The Morgan fingerprint density at radius 2 is 1.66 bits per heavy atom. The quantitative estimate of drug-likeness (QED) is 0.0366. The number of unbranched alkanes of at least 4 members (excludes halogenated alkanes) is 2. The lowest BCUT2D eigenvalue weighted by atomic mass is 9.90. The van der Waals surface area contributed by atoms with Crippen LogP contribution in [0, 0.1) is 5.92 Å². The molecule has 0 aliphatic heterocycles. The van der Waals surface area contributed by atoms with Crippen molar-refractivity contribution in [1.29, 1.82) is 0 Å². The number of furan rings is 1. The fourth-order valence-electron chi connectivity index (χ4n) is 5.63. The Kier molecular flexibility index (Phi) is 17.0. The number of nitrogens with zero attached hydrogens (tertiary/aromatic N) is 1. The Morgan fingerprint density at radius 1 is 0.906 bits per heavy atom. The van der Waals surface area contributed by atoms with E-state index in [4.69, 9.17) is 19.1 Å². The van der Waals surface area contributed by atoms with Crippen molar-refractivity contribution in [3.63, 3.8) is 0 Å². The number of carboxylic acids is 2. The molecule has 4 amide bonds. The number of carbonyl (C=O) groups is 6. The molecule has 3 aromatic rings. The summed E-state index contributed by atoms with van der Waals surface area (Å²) < 4.78 is 11.4. The van der Waals surface area contributed by atoms with Crippen LogP contribution in [0.15, 0.2) is 65.1 Å². The van der Waals surface area contributed by atoms with Crippen LogP contribution in [0.2, 0.25) is 0 Å². The number of carboxylic acid groups (broad SMARTS) is 2. The van der Waals surface area contributed by atoms with Gasteiger partial charge in [-0.05, 0) is 56.0 Å². The van der Waals surface area contributed by atoms with E-state index in [0.717, 1.165) is 24.8 Å². The number of aliphatic carboxylic acids is 2. The van der Waals surface area contributed by atoms with Crippen molar-refractivity contribution >= 4 is 36.1 Å². The third-order valence-corrected chi connectivity index (χ3v) is 8.39. The highest BCUT2D eigenvalue weighted by atomic mass is 16.7. The highest BCUT2D eigenvalue weighted by Gasteiger charge is 2.32. The summed E-state index contributed by atoms with van der Waals surface area (Å²) in [5, 5.41) is 27.3. The van der Waals surface area contributed by atoms with Crippen molar-refractivity contribution in [2.45, 2.75) is 84.4 Å². The van der Waals surface area contributed by atoms with Crippen molar-refractivity contribution in [3.8, 4) is 17.1 Å². The van der Waals surface area contributed by atoms with Gasteiger partial charge < -0.3 is 35.3 Å². The van der Waals surface area contributed by atoms with Gasteiger partial charge in [0.2, 0.25) is 12.3 Å². The first-order valence-electron chi connectivity index (χ1n) is 17.6. The maximum Gasteiger partial charge on any atom is 0.326 e. The lowest BCUT2D eigenvalue weighted by Crippen LogP contribution is -2.48. The predicted molar refractivity (Wildman–Crippen MR) is 192 cm³/mol. The van der Waals surface area contributed by atoms with Crippen LogP contribution < -0.4 is 20.7 Å². The number of rotatable bonds is 24. The molecule has 1 aromatic heterocycles. The number of nitrogens with one attached hydrogen (secondary N) is 3. The first kappa shape index (κ1) is 41.7. The van der Waals surface area contributed by atoms with Crippen molar-refractivity contribution in [2.75, 3.05) is 13.3 Å². The second-order valence-electron chi connectivity index (χ2n) is 12.1. The van der Waals surface area contributed by atoms with Crippen LogP contribution in [0.25, 0.3) is 11.3 Å². The first-order chi connectivity index (χ1) is 25.5. The van der Waals surface area contributed by atoms with Crippen molar-refractivity contribution in [2.24, 2.45) is 5.92 Å². The summed E-state index contributed by atoms with van der Waals surface area (Å²) in [5.41, 5.74) is 1.35. The number of carbonyl (C=O) groups excluding carboxylic acids is 4. The van der Waals surface area contributed by atoms with Gasteiger partial charge in [-0.1, -0.05) is 69.5 Å². The van der Waals surface area contributed by atoms with E-state index < -0.39 is 48.2 Å². The second-order valence-corrected chi connectivity index (χ2v) is 12.1. The molecule has 1 unspecified atom stereocenters. The molecule has 0 radical (unpaired) electrons. The summed E-state index contributed by atoms with van der Waals surface area (Å²) in [6.45, 7) is 5.77. The molecule has 2 aromatic carbocycles. The number of hydroxylamine groups is 2. The van der Waals surface area contributed by atoms with E-state index in [9.17, 15) is 33.9 Å². The molecule has 0 saturated heterocycles. The Bertz CT molecular complexity index is 1680. The zero-order chi connectivity index (χ0) is 38.8. The summed E-state index contributed by atoms with van der Waals surface area (Å²) in [6.07, 6.45) is 3.45. The Morgan fingerprint density at radius 3 is 2.30 bits per heavy atom. The summed E-state index contributed by atoms with van der Waals surface area (Å²) in [7, 11) is 0. The summed E-state index contributed by atoms with van der Waals surface area (Å²) in [6, 6.07) is 14.8. The normalized spacial score (nSPS) is 12.5. The highest BCUT2D eigenvalue weighted by molar-refractivity contribution is 5.99. The minimum Gasteiger partial charge on any atom is -0.493 e. The Balaban J connectivity index is 1.66. The monoisotopic (exact) mass is 736 g/mol. The number of amides is 4. The maximum absolute atomic E-state index is 13.5. The van der Waals surface area contributed by atoms with Gasteiger partial charge in [-0.3, -0.25) is 28.8 Å². The molecule has 1 heterocycles. The molecular weight excluding hydrogens is 688 g/mol. The van der Waals surface area contributed by atoms with Crippen LogP contribution in [0.4, 0.5) is 0 Å². The highest BCUT2D eigenvalue weighted by Crippen LogP contribution is 2.29. The lowest BCUT2D eigenvalue weighted by molar-refractivity contribution is -0.200. The topological polar surface area (TPSA) is 214 Å². The molecule has 0 aliphatic rings. The maximum atomic E-state index is 13.5. The van der Waals surface area contributed by atoms with Crippen LogP contribution >= 0.6 is 0 Å². The van der Waals surface area contributed by atoms with Crippen LogP contribution in [-0.4, -0.2) is 76.7 Å². The molecule has 0 bridgehead atoms. The molecule has 3 atom stereocenters. The van der Waals surface area contributed by atoms with Gasteiger partial charge in [-0.25, -0.2) is 9.86 Å². The van der Waals surface area contributed by atoms with Crippen molar-refractivity contribution < 1.29 is 53.0 Å². The predicted octanol–water partition coefficient (Wildman–Crippen LogP) is 4.76. The average Bonchev–Trinajstić information content (AvgIpc) is 3.65. The zero-order valence-electron chi connectivity index (χ0n) is 30.2. The molecule has 15 nitrogen and oxygen atoms in total. The van der Waals surface area contributed by atoms with Crippen molar-refractivity contribution in [1.82, 2.24) is 21.0 Å². The molecule has 3 rings (SSSR count). The molecular formula is C38H48N4O11. The van der Waals surface area contributed by atoms with Gasteiger partial charge in [0, 0.05) is 12.0 Å². The van der Waals surface area contributed by atoms with E-state index in [0.29, 0.717) is 24.8 Å². The molecule has 5 N–H and O–H groups in total. The van der Waals surface area contributed by atoms with E-state index in [-0.39, 0.29) is 55.0 Å². The van der Waals surface area contributed by atoms with Crippen LogP contribution in [0.5, 0.6) is 5.75 Å². The van der Waals surface area contributed by atoms with Gasteiger partial charge in [0.05, 0.1) is 30.8 Å². The molecule has 0 saturated carbocycles. The number of ether oxygens (including phenoxy) is 1. The van der Waals surface area contributed by atoms with Gasteiger partial charge in [0.1, 0.15) is 24.2 Å². The zero-order valence-corrected chi connectivity index (χ0v) is 30.2. The SMILES string of the molecule is CCCCC[C@@H](C(=O)NCNC(=O)c1ccc(-c2ccc(C(=O)NC(CCC(=O)O)C(=O)O)c(OCC)c2)o1)[C@@H](CC)N(C=O)OCc1ccccc1. The standard InChI is InChI=1S/C38H48N4O11/c1-4-7-9-14-27(30(5-2)42(24-43)52-22-25-12-10-8-11-13-25)35(46)39-23-40-37(48)32-19-18-31(53-32)26-15-16-28(33(21-26)51-6-3)36(47)41-29(38(49)50)17-20-34(44)45/h8,10-13,15-16,18-19,21,24,27,29-30H,4-7,9,14,17,20,22-23H2,1-3H3,(H,39,46)(H,40,48)(H,41,47)(H,44,45)(H,49,50)/t27-,29?,30-/m1/s1. The van der Waals surface area contributed by atoms with E-state index in [1.807, 2.05) is 37.3 Å². The molecule has 0 aliphatic carbocycles. The molecule has 15 heteroatoms. The van der Waals surface area contributed by atoms with Crippen LogP contribution in [0.1, 0.15) is 92.2 Å². The van der Waals surface area contributed by atoms with E-state index in [1.165, 1.54) is 29.3 Å². The molecule has 53 heavy (non-hydrogen) atoms. The summed E-state index contributed by atoms with van der Waals surface area (Å²) in [5.74, 6) is -4.54. The second kappa shape index (κ2) is 21.6. The Labute approximate surface area is 308 Å². The smallest absolute Gasteiger partial charge is 0.326 e. The van der Waals surface area contributed by atoms with Crippen LogP contribution in [0.3, 0.4) is 0 Å². The number of benzene rings is 2. The number of hydrogen-bond acceptors (Lipinski definition) is 9. The number of hydrogen-bond donors (Lipinski definition) is 5. The van der Waals surface area contributed by atoms with Gasteiger partial charge in [0.25, 0.3) is 11.8 Å². The van der Waals surface area contributed by atoms with Crippen molar-refractivity contribution in [3.05, 3.63) is 77.6 Å². The van der Waals surface area contributed by atoms with E-state index in [1.54, 1.807) is 13.0 Å². The van der Waals surface area contributed by atoms with Gasteiger partial charge in [0.15, 0.2) is 5.76 Å². The largest absolute Gasteiger partial charge is 0.493 e. The fraction of sp³-hybridized carbons (Fsp3) is 0.421. The first-order valence-corrected chi connectivity index (χ1v) is 17.6. The van der Waals surface area contributed by atoms with Gasteiger partial charge >= 0.3 is 11.9 Å². The summed E-state index contributed by atoms with van der Waals surface area (Å²) >= 11 is 0. The van der Waals surface area contributed by atoms with Gasteiger partial charge in [-0.15, -0.1) is 0 Å². The Hall–Kier alpha value is -5.70. The molecule has 0 fully saturated rings. The fourth-order valence-corrected chi connectivity index (χ4v) is 5.63. The lowest BCUT2D eigenvalue weighted by Gasteiger charge is -2.32. The van der Waals surface area contributed by atoms with E-state index >= 15 is 0 Å². The summed E-state index contributed by atoms with van der Waals surface area (Å²) in [4.78, 5) is 79.8. The van der Waals surface area contributed by atoms with Gasteiger partial charge in [-0.2, -0.15) is 0 Å². The minimum absolute atomic E-state index is 0.0229. The van der Waals surface area contributed by atoms with Crippen LogP contribution in [-0.2, 0) is 30.6 Å². The van der Waals surface area contributed by atoms with E-state index in [2.05, 4.69) is 22.9 Å².